The highest BCUT2D eigenvalue weighted by atomic mass is 16.2. The molecule has 1 amide bonds. The molecule has 1 fully saturated rings. The van der Waals surface area contributed by atoms with Gasteiger partial charge in [-0.05, 0) is 44.4 Å². The number of fused-ring (bicyclic) bond motifs is 1. The quantitative estimate of drug-likeness (QED) is 0.701. The third-order valence-corrected chi connectivity index (χ3v) is 6.00. The van der Waals surface area contributed by atoms with Crippen LogP contribution >= 0.6 is 0 Å². The maximum absolute atomic E-state index is 12.6. The standard InChI is InChI=1S/C23H28N4O2/c1-16-7-9-18(10-8-16)15-24-22(28)17(2)26-13-11-19(12-14-26)27-21-6-4-3-5-20(21)25-23(27)29/h3-10,17,19H,11-15H2,1-2H3,(H,24,28)(H,25,29). The summed E-state index contributed by atoms with van der Waals surface area (Å²) in [5.74, 6) is 0.0493. The molecular formula is C23H28N4O2. The molecular weight excluding hydrogens is 364 g/mol. The van der Waals surface area contributed by atoms with E-state index in [1.165, 1.54) is 5.56 Å². The SMILES string of the molecule is Cc1ccc(CNC(=O)C(C)N2CCC(n3c(=O)[nH]c4ccccc43)CC2)cc1. The van der Waals surface area contributed by atoms with Crippen molar-refractivity contribution in [2.45, 2.75) is 45.3 Å². The third-order valence-electron chi connectivity index (χ3n) is 6.00. The summed E-state index contributed by atoms with van der Waals surface area (Å²) in [5.41, 5.74) is 4.11. The Hall–Kier alpha value is -2.86. The molecule has 152 valence electrons. The first-order valence-electron chi connectivity index (χ1n) is 10.3. The second kappa shape index (κ2) is 8.25. The molecule has 6 heteroatoms. The number of hydrogen-bond acceptors (Lipinski definition) is 3. The van der Waals surface area contributed by atoms with Crippen molar-refractivity contribution >= 4 is 16.9 Å². The Bertz CT molecular complexity index is 1040. The van der Waals surface area contributed by atoms with Crippen LogP contribution in [0.1, 0.15) is 36.9 Å². The van der Waals surface area contributed by atoms with Gasteiger partial charge in [0.15, 0.2) is 0 Å². The Morgan fingerprint density at radius 3 is 2.55 bits per heavy atom. The van der Waals surface area contributed by atoms with E-state index in [1.807, 2.05) is 47.9 Å². The molecule has 2 N–H and O–H groups in total. The predicted octanol–water partition coefficient (Wildman–Crippen LogP) is 2.98. The number of aromatic amines is 1. The summed E-state index contributed by atoms with van der Waals surface area (Å²) >= 11 is 0. The number of H-pyrrole nitrogens is 1. The number of nitrogens with one attached hydrogen (secondary N) is 2. The molecule has 6 nitrogen and oxygen atoms in total. The Kier molecular flexibility index (Phi) is 5.53. The van der Waals surface area contributed by atoms with Gasteiger partial charge in [0.25, 0.3) is 0 Å². The lowest BCUT2D eigenvalue weighted by molar-refractivity contribution is -0.126. The van der Waals surface area contributed by atoms with Crippen molar-refractivity contribution in [1.82, 2.24) is 19.8 Å². The summed E-state index contributed by atoms with van der Waals surface area (Å²) in [6.07, 6.45) is 1.72. The van der Waals surface area contributed by atoms with E-state index in [-0.39, 0.29) is 23.7 Å². The van der Waals surface area contributed by atoms with E-state index in [4.69, 9.17) is 0 Å². The minimum atomic E-state index is -0.180. The molecule has 0 aliphatic carbocycles. The van der Waals surface area contributed by atoms with Gasteiger partial charge in [-0.3, -0.25) is 14.3 Å². The largest absolute Gasteiger partial charge is 0.351 e. The number of aromatic nitrogens is 2. The Balaban J connectivity index is 1.35. The Labute approximate surface area is 170 Å². The lowest BCUT2D eigenvalue weighted by Gasteiger charge is -2.35. The first-order valence-corrected chi connectivity index (χ1v) is 10.3. The minimum absolute atomic E-state index is 0.0476. The molecule has 1 saturated heterocycles. The number of rotatable bonds is 5. The number of likely N-dealkylation sites (tertiary alicyclic amines) is 1. The summed E-state index contributed by atoms with van der Waals surface area (Å²) in [6, 6.07) is 16.0. The number of carbonyl (C=O) groups excluding carboxylic acids is 1. The predicted molar refractivity (Wildman–Crippen MR) is 115 cm³/mol. The second-order valence-electron chi connectivity index (χ2n) is 7.96. The molecule has 0 bridgehead atoms. The van der Waals surface area contributed by atoms with Crippen LogP contribution in [0.5, 0.6) is 0 Å². The zero-order chi connectivity index (χ0) is 20.4. The van der Waals surface area contributed by atoms with Gasteiger partial charge in [0, 0.05) is 25.7 Å². The first-order chi connectivity index (χ1) is 14.0. The lowest BCUT2D eigenvalue weighted by atomic mass is 10.0. The van der Waals surface area contributed by atoms with Crippen LogP contribution in [0.25, 0.3) is 11.0 Å². The van der Waals surface area contributed by atoms with Crippen molar-refractivity contribution < 1.29 is 4.79 Å². The fourth-order valence-corrected chi connectivity index (χ4v) is 4.18. The van der Waals surface area contributed by atoms with Crippen molar-refractivity contribution in [2.75, 3.05) is 13.1 Å². The average Bonchev–Trinajstić information content (AvgIpc) is 3.08. The maximum Gasteiger partial charge on any atom is 0.326 e. The zero-order valence-corrected chi connectivity index (χ0v) is 17.0. The number of carbonyl (C=O) groups is 1. The molecule has 0 radical (unpaired) electrons. The molecule has 1 aliphatic heterocycles. The molecule has 0 spiro atoms. The van der Waals surface area contributed by atoms with Gasteiger partial charge in [0.1, 0.15) is 0 Å². The van der Waals surface area contributed by atoms with Gasteiger partial charge in [0.2, 0.25) is 5.91 Å². The first kappa shape index (κ1) is 19.5. The summed E-state index contributed by atoms with van der Waals surface area (Å²) in [6.45, 7) is 6.16. The van der Waals surface area contributed by atoms with E-state index in [9.17, 15) is 9.59 Å². The lowest BCUT2D eigenvalue weighted by Crippen LogP contribution is -2.48. The molecule has 2 aromatic carbocycles. The number of para-hydroxylation sites is 2. The minimum Gasteiger partial charge on any atom is -0.351 e. The highest BCUT2D eigenvalue weighted by molar-refractivity contribution is 5.81. The van der Waals surface area contributed by atoms with E-state index in [1.54, 1.807) is 0 Å². The van der Waals surface area contributed by atoms with Crippen LogP contribution in [0.4, 0.5) is 0 Å². The number of nitrogens with zero attached hydrogens (tertiary/aromatic N) is 2. The van der Waals surface area contributed by atoms with Gasteiger partial charge in [-0.15, -0.1) is 0 Å². The van der Waals surface area contributed by atoms with Gasteiger partial charge >= 0.3 is 5.69 Å². The molecule has 2 heterocycles. The normalized spacial score (nSPS) is 16.8. The fraction of sp³-hybridized carbons (Fsp3) is 0.391. The van der Waals surface area contributed by atoms with Gasteiger partial charge in [-0.2, -0.15) is 0 Å². The van der Waals surface area contributed by atoms with Crippen molar-refractivity contribution in [3.05, 3.63) is 70.1 Å². The monoisotopic (exact) mass is 392 g/mol. The van der Waals surface area contributed by atoms with Crippen LogP contribution < -0.4 is 11.0 Å². The van der Waals surface area contributed by atoms with Crippen LogP contribution in [0.2, 0.25) is 0 Å². The third kappa shape index (κ3) is 4.12. The molecule has 4 rings (SSSR count). The van der Waals surface area contributed by atoms with Crippen molar-refractivity contribution in [2.24, 2.45) is 0 Å². The zero-order valence-electron chi connectivity index (χ0n) is 17.0. The molecule has 1 aliphatic rings. The summed E-state index contributed by atoms with van der Waals surface area (Å²) in [4.78, 5) is 30.2. The van der Waals surface area contributed by atoms with Crippen LogP contribution in [0.3, 0.4) is 0 Å². The van der Waals surface area contributed by atoms with E-state index in [0.717, 1.165) is 42.5 Å². The van der Waals surface area contributed by atoms with E-state index in [0.29, 0.717) is 6.54 Å². The molecule has 3 aromatic rings. The fourth-order valence-electron chi connectivity index (χ4n) is 4.18. The van der Waals surface area contributed by atoms with E-state index >= 15 is 0 Å². The smallest absolute Gasteiger partial charge is 0.326 e. The number of imidazole rings is 1. The number of piperidine rings is 1. The molecule has 1 atom stereocenters. The Morgan fingerprint density at radius 2 is 1.83 bits per heavy atom. The highest BCUT2D eigenvalue weighted by Gasteiger charge is 2.28. The summed E-state index contributed by atoms with van der Waals surface area (Å²) < 4.78 is 1.88. The summed E-state index contributed by atoms with van der Waals surface area (Å²) in [5, 5.41) is 3.05. The highest BCUT2D eigenvalue weighted by Crippen LogP contribution is 2.25. The van der Waals surface area contributed by atoms with Crippen molar-refractivity contribution in [3.8, 4) is 0 Å². The molecule has 1 aromatic heterocycles. The number of aryl methyl sites for hydroxylation is 1. The number of hydrogen-bond donors (Lipinski definition) is 2. The molecule has 29 heavy (non-hydrogen) atoms. The van der Waals surface area contributed by atoms with E-state index < -0.39 is 0 Å². The van der Waals surface area contributed by atoms with Gasteiger partial charge < -0.3 is 10.3 Å². The van der Waals surface area contributed by atoms with Crippen molar-refractivity contribution in [3.63, 3.8) is 0 Å². The van der Waals surface area contributed by atoms with Gasteiger partial charge in [0.05, 0.1) is 17.1 Å². The van der Waals surface area contributed by atoms with Crippen LogP contribution in [-0.2, 0) is 11.3 Å². The average molecular weight is 393 g/mol. The summed E-state index contributed by atoms with van der Waals surface area (Å²) in [7, 11) is 0. The molecule has 1 unspecified atom stereocenters. The van der Waals surface area contributed by atoms with Crippen LogP contribution in [0.15, 0.2) is 53.3 Å². The number of benzene rings is 2. The van der Waals surface area contributed by atoms with Gasteiger partial charge in [-0.25, -0.2) is 4.79 Å². The van der Waals surface area contributed by atoms with E-state index in [2.05, 4.69) is 34.3 Å². The Morgan fingerprint density at radius 1 is 1.14 bits per heavy atom. The second-order valence-corrected chi connectivity index (χ2v) is 7.96. The van der Waals surface area contributed by atoms with Crippen LogP contribution in [-0.4, -0.2) is 39.5 Å². The molecule has 0 saturated carbocycles. The van der Waals surface area contributed by atoms with Crippen molar-refractivity contribution in [1.29, 1.82) is 0 Å². The van der Waals surface area contributed by atoms with Gasteiger partial charge in [-0.1, -0.05) is 42.0 Å². The maximum atomic E-state index is 12.6. The van der Waals surface area contributed by atoms with Crippen LogP contribution in [0, 0.1) is 6.92 Å². The topological polar surface area (TPSA) is 70.1 Å². The number of amides is 1.